The third-order valence-corrected chi connectivity index (χ3v) is 6.92. The van der Waals surface area contributed by atoms with E-state index in [1.165, 1.54) is 23.1 Å². The highest BCUT2D eigenvalue weighted by Crippen LogP contribution is 2.38. The maximum Gasteiger partial charge on any atom is 0.215 e. The van der Waals surface area contributed by atoms with Crippen molar-refractivity contribution in [3.63, 3.8) is 0 Å². The van der Waals surface area contributed by atoms with Crippen molar-refractivity contribution in [1.29, 1.82) is 0 Å². The standard InChI is InChI=1S/C28H29ClFN5O4/c1-18-14-33(16-36)11-12-35(18)27(31-2)21-13-22(29)26(25-23(30)5-4-6-24(25)38)32-28(21)34(17-37)15-19-7-9-20(39-3)10-8-19/h4-10,13,16-18,38H,11-12,14-15H2,1-3H3/b31-27+. The van der Waals surface area contributed by atoms with Crippen LogP contribution in [0.3, 0.4) is 0 Å². The van der Waals surface area contributed by atoms with Crippen LogP contribution in [0.1, 0.15) is 18.1 Å². The number of piperazine rings is 1. The van der Waals surface area contributed by atoms with Gasteiger partial charge < -0.3 is 19.6 Å². The lowest BCUT2D eigenvalue weighted by Gasteiger charge is -2.40. The molecule has 2 aromatic carbocycles. The number of phenolic OH excluding ortho intramolecular Hbond substituents is 1. The molecular formula is C28H29ClFN5O4. The van der Waals surface area contributed by atoms with Crippen molar-refractivity contribution in [2.24, 2.45) is 4.99 Å². The Hall–Kier alpha value is -4.18. The summed E-state index contributed by atoms with van der Waals surface area (Å²) in [6.07, 6.45) is 1.45. The molecule has 0 radical (unpaired) electrons. The first-order chi connectivity index (χ1) is 18.8. The average molecular weight is 554 g/mol. The molecule has 1 unspecified atom stereocenters. The first-order valence-corrected chi connectivity index (χ1v) is 12.6. The Morgan fingerprint density at radius 3 is 2.59 bits per heavy atom. The molecule has 9 nitrogen and oxygen atoms in total. The molecule has 1 aliphatic rings. The highest BCUT2D eigenvalue weighted by atomic mass is 35.5. The molecule has 0 spiro atoms. The highest BCUT2D eigenvalue weighted by Gasteiger charge is 2.30. The number of aromatic nitrogens is 1. The van der Waals surface area contributed by atoms with Crippen LogP contribution in [-0.2, 0) is 16.1 Å². The van der Waals surface area contributed by atoms with E-state index in [1.54, 1.807) is 37.3 Å². The normalized spacial score (nSPS) is 15.7. The number of hydrogen-bond acceptors (Lipinski definition) is 6. The Balaban J connectivity index is 1.86. The van der Waals surface area contributed by atoms with Gasteiger partial charge in [0.1, 0.15) is 29.0 Å². The van der Waals surface area contributed by atoms with Crippen molar-refractivity contribution in [1.82, 2.24) is 14.8 Å². The fourth-order valence-electron chi connectivity index (χ4n) is 4.67. The molecule has 1 atom stereocenters. The summed E-state index contributed by atoms with van der Waals surface area (Å²) in [5.74, 6) is 0.331. The average Bonchev–Trinajstić information content (AvgIpc) is 2.94. The minimum atomic E-state index is -0.709. The number of methoxy groups -OCH3 is 1. The van der Waals surface area contributed by atoms with E-state index in [0.29, 0.717) is 43.2 Å². The lowest BCUT2D eigenvalue weighted by atomic mass is 10.1. The number of rotatable bonds is 8. The number of pyridine rings is 1. The van der Waals surface area contributed by atoms with Gasteiger partial charge in [0.05, 0.1) is 35.5 Å². The minimum Gasteiger partial charge on any atom is -0.507 e. The Bertz CT molecular complexity index is 1360. The predicted octanol–water partition coefficient (Wildman–Crippen LogP) is 3.96. The molecule has 2 amide bonds. The summed E-state index contributed by atoms with van der Waals surface area (Å²) >= 11 is 6.65. The van der Waals surface area contributed by atoms with Crippen molar-refractivity contribution < 1.29 is 23.8 Å². The number of benzene rings is 2. The van der Waals surface area contributed by atoms with E-state index in [1.807, 2.05) is 24.0 Å². The molecule has 4 rings (SSSR count). The van der Waals surface area contributed by atoms with Gasteiger partial charge in [-0.25, -0.2) is 9.37 Å². The second-order valence-corrected chi connectivity index (χ2v) is 9.50. The molecule has 1 aliphatic heterocycles. The SMILES string of the molecule is C/N=C(\c1cc(Cl)c(-c2c(O)cccc2F)nc1N(C=O)Cc1ccc(OC)cc1)N1CCN(C=O)CC1C. The minimum absolute atomic E-state index is 0.0122. The molecule has 1 saturated heterocycles. The van der Waals surface area contributed by atoms with E-state index in [2.05, 4.69) is 9.98 Å². The van der Waals surface area contributed by atoms with Gasteiger partial charge in [-0.2, -0.15) is 0 Å². The number of anilines is 1. The van der Waals surface area contributed by atoms with Crippen LogP contribution in [-0.4, -0.2) is 78.4 Å². The number of carbonyl (C=O) groups excluding carboxylic acids is 2. The molecule has 2 heterocycles. The van der Waals surface area contributed by atoms with Crippen LogP contribution < -0.4 is 9.64 Å². The second kappa shape index (κ2) is 12.1. The number of carbonyl (C=O) groups is 2. The van der Waals surface area contributed by atoms with Gasteiger partial charge in [0.15, 0.2) is 0 Å². The van der Waals surface area contributed by atoms with Crippen molar-refractivity contribution in [2.45, 2.75) is 19.5 Å². The van der Waals surface area contributed by atoms with Crippen LogP contribution in [0, 0.1) is 5.82 Å². The quantitative estimate of drug-likeness (QED) is 0.258. The lowest BCUT2D eigenvalue weighted by molar-refractivity contribution is -0.120. The fourth-order valence-corrected chi connectivity index (χ4v) is 4.92. The summed E-state index contributed by atoms with van der Waals surface area (Å²) in [4.78, 5) is 38.1. The van der Waals surface area contributed by atoms with Crippen molar-refractivity contribution in [3.05, 3.63) is 70.5 Å². The number of hydrogen-bond donors (Lipinski definition) is 1. The first-order valence-electron chi connectivity index (χ1n) is 12.3. The third-order valence-electron chi connectivity index (χ3n) is 6.63. The molecule has 1 fully saturated rings. The van der Waals surface area contributed by atoms with Crippen LogP contribution >= 0.6 is 11.6 Å². The van der Waals surface area contributed by atoms with Gasteiger partial charge >= 0.3 is 0 Å². The van der Waals surface area contributed by atoms with Crippen LogP contribution in [0.25, 0.3) is 11.3 Å². The van der Waals surface area contributed by atoms with Crippen LogP contribution in [0.2, 0.25) is 5.02 Å². The topological polar surface area (TPSA) is 98.6 Å². The molecule has 0 saturated carbocycles. The summed E-state index contributed by atoms with van der Waals surface area (Å²) in [6.45, 7) is 3.59. The first kappa shape index (κ1) is 27.8. The zero-order valence-electron chi connectivity index (χ0n) is 21.8. The van der Waals surface area contributed by atoms with E-state index < -0.39 is 5.82 Å². The molecule has 1 N–H and O–H groups in total. The van der Waals surface area contributed by atoms with E-state index in [4.69, 9.17) is 16.3 Å². The number of phenols is 1. The molecule has 204 valence electrons. The Labute approximate surface area is 231 Å². The van der Waals surface area contributed by atoms with E-state index >= 15 is 0 Å². The van der Waals surface area contributed by atoms with Crippen molar-refractivity contribution in [2.75, 3.05) is 38.7 Å². The molecule has 3 aromatic rings. The molecule has 0 aliphatic carbocycles. The van der Waals surface area contributed by atoms with Crippen LogP contribution in [0.15, 0.2) is 53.5 Å². The second-order valence-electron chi connectivity index (χ2n) is 9.10. The zero-order valence-corrected chi connectivity index (χ0v) is 22.6. The van der Waals surface area contributed by atoms with Crippen LogP contribution in [0.4, 0.5) is 10.2 Å². The van der Waals surface area contributed by atoms with E-state index in [-0.39, 0.29) is 40.4 Å². The number of amidine groups is 1. The van der Waals surface area contributed by atoms with Gasteiger partial charge in [-0.15, -0.1) is 0 Å². The largest absolute Gasteiger partial charge is 0.507 e. The monoisotopic (exact) mass is 553 g/mol. The molecule has 0 bridgehead atoms. The number of aliphatic imine (C=N–C) groups is 1. The molecule has 1 aromatic heterocycles. The number of halogens is 2. The maximum absolute atomic E-state index is 14.9. The summed E-state index contributed by atoms with van der Waals surface area (Å²) in [5, 5.41) is 10.5. The van der Waals surface area contributed by atoms with Gasteiger partial charge in [-0.1, -0.05) is 29.8 Å². The molecule has 11 heteroatoms. The third kappa shape index (κ3) is 5.80. The van der Waals surface area contributed by atoms with Gasteiger partial charge in [0.2, 0.25) is 12.8 Å². The fraction of sp³-hybridized carbons (Fsp3) is 0.286. The van der Waals surface area contributed by atoms with Gasteiger partial charge in [-0.05, 0) is 42.8 Å². The predicted molar refractivity (Wildman–Crippen MR) is 148 cm³/mol. The Kier molecular flexibility index (Phi) is 8.65. The van der Waals surface area contributed by atoms with Gasteiger partial charge in [0.25, 0.3) is 0 Å². The lowest BCUT2D eigenvalue weighted by Crippen LogP contribution is -2.54. The Morgan fingerprint density at radius 2 is 2.00 bits per heavy atom. The summed E-state index contributed by atoms with van der Waals surface area (Å²) in [6, 6.07) is 12.6. The van der Waals surface area contributed by atoms with E-state index in [0.717, 1.165) is 12.0 Å². The Morgan fingerprint density at radius 1 is 1.26 bits per heavy atom. The number of ether oxygens (including phenoxy) is 1. The maximum atomic E-state index is 14.9. The van der Waals surface area contributed by atoms with Crippen molar-refractivity contribution >= 4 is 36.1 Å². The van der Waals surface area contributed by atoms with Crippen molar-refractivity contribution in [3.8, 4) is 22.8 Å². The number of nitrogens with zero attached hydrogens (tertiary/aromatic N) is 5. The highest BCUT2D eigenvalue weighted by molar-refractivity contribution is 6.33. The molecule has 39 heavy (non-hydrogen) atoms. The summed E-state index contributed by atoms with van der Waals surface area (Å²) in [5.41, 5.74) is 1.06. The number of aromatic hydroxyl groups is 1. The summed E-state index contributed by atoms with van der Waals surface area (Å²) in [7, 11) is 3.19. The number of amides is 2. The van der Waals surface area contributed by atoms with Gasteiger partial charge in [-0.3, -0.25) is 19.5 Å². The van der Waals surface area contributed by atoms with E-state index in [9.17, 15) is 19.1 Å². The zero-order chi connectivity index (χ0) is 28.1. The van der Waals surface area contributed by atoms with Crippen LogP contribution in [0.5, 0.6) is 11.5 Å². The summed E-state index contributed by atoms with van der Waals surface area (Å²) < 4.78 is 20.1. The smallest absolute Gasteiger partial charge is 0.215 e. The van der Waals surface area contributed by atoms with Gasteiger partial charge in [0, 0.05) is 32.7 Å². The molecular weight excluding hydrogens is 525 g/mol.